The van der Waals surface area contributed by atoms with Gasteiger partial charge in [-0.05, 0) is 31.0 Å². The molecule has 2 aromatic heterocycles. The van der Waals surface area contributed by atoms with Gasteiger partial charge < -0.3 is 0 Å². The number of para-hydroxylation sites is 2. The molecule has 2 N–H and O–H groups in total. The maximum Gasteiger partial charge on any atom is 0.265 e. The number of hydrogen-bond acceptors (Lipinski definition) is 7. The molecule has 12 heteroatoms. The van der Waals surface area contributed by atoms with Gasteiger partial charge in [-0.1, -0.05) is 41.7 Å². The highest BCUT2D eigenvalue weighted by molar-refractivity contribution is 7.86. The molecule has 0 unspecified atom stereocenters. The zero-order valence-corrected chi connectivity index (χ0v) is 22.0. The Balaban J connectivity index is 1.62. The molecule has 0 radical (unpaired) electrons. The summed E-state index contributed by atoms with van der Waals surface area (Å²) in [5, 5.41) is 1.91. The molecule has 0 aliphatic carbocycles. The van der Waals surface area contributed by atoms with E-state index in [1.165, 1.54) is 0 Å². The summed E-state index contributed by atoms with van der Waals surface area (Å²) in [5.41, 5.74) is 2.79. The van der Waals surface area contributed by atoms with Gasteiger partial charge in [-0.15, -0.1) is 11.3 Å². The van der Waals surface area contributed by atoms with E-state index >= 15 is 0 Å². The van der Waals surface area contributed by atoms with Crippen LogP contribution in [0.25, 0.3) is 26.5 Å². The van der Waals surface area contributed by atoms with Crippen molar-refractivity contribution in [1.29, 1.82) is 0 Å². The van der Waals surface area contributed by atoms with Crippen LogP contribution >= 0.6 is 22.7 Å². The second-order valence-corrected chi connectivity index (χ2v) is 13.4. The van der Waals surface area contributed by atoms with Gasteiger partial charge in [0, 0.05) is 24.5 Å². The fourth-order valence-electron chi connectivity index (χ4n) is 3.90. The van der Waals surface area contributed by atoms with E-state index in [9.17, 15) is 16.8 Å². The molecule has 0 saturated heterocycles. The minimum absolute atomic E-state index is 0.230. The number of rotatable bonds is 11. The van der Waals surface area contributed by atoms with Crippen LogP contribution in [0.4, 0.5) is 0 Å². The van der Waals surface area contributed by atoms with Crippen LogP contribution in [-0.4, -0.2) is 42.4 Å². The zero-order chi connectivity index (χ0) is 25.1. The molecular formula is C23H25N2O6S4+. The van der Waals surface area contributed by atoms with Gasteiger partial charge in [0.25, 0.3) is 25.2 Å². The molecule has 0 aliphatic rings. The summed E-state index contributed by atoms with van der Waals surface area (Å²) >= 11 is 3.20. The zero-order valence-electron chi connectivity index (χ0n) is 18.7. The molecule has 0 atom stereocenters. The number of thiazole rings is 2. The van der Waals surface area contributed by atoms with Crippen LogP contribution in [0.3, 0.4) is 0 Å². The Kier molecular flexibility index (Phi) is 7.99. The van der Waals surface area contributed by atoms with Crippen molar-refractivity contribution in [2.24, 2.45) is 0 Å². The second-order valence-electron chi connectivity index (χ2n) is 8.07. The van der Waals surface area contributed by atoms with Gasteiger partial charge in [-0.2, -0.15) is 21.4 Å². The monoisotopic (exact) mass is 553 g/mol. The van der Waals surface area contributed by atoms with Crippen LogP contribution in [0.1, 0.15) is 28.4 Å². The summed E-state index contributed by atoms with van der Waals surface area (Å²) in [6, 6.07) is 13.8. The van der Waals surface area contributed by atoms with Gasteiger partial charge in [0.2, 0.25) is 5.52 Å². The highest BCUT2D eigenvalue weighted by Gasteiger charge is 2.22. The lowest BCUT2D eigenvalue weighted by Gasteiger charge is -2.03. The largest absolute Gasteiger partial charge is 0.286 e. The molecule has 2 heterocycles. The summed E-state index contributed by atoms with van der Waals surface area (Å²) in [4.78, 5) is 4.65. The van der Waals surface area contributed by atoms with Crippen molar-refractivity contribution in [1.82, 2.24) is 4.98 Å². The van der Waals surface area contributed by atoms with E-state index in [-0.39, 0.29) is 24.3 Å². The summed E-state index contributed by atoms with van der Waals surface area (Å²) in [6.45, 7) is 0.371. The van der Waals surface area contributed by atoms with Crippen LogP contribution < -0.4 is 4.57 Å². The Hall–Kier alpha value is -2.22. The molecule has 0 saturated carbocycles. The third-order valence-electron chi connectivity index (χ3n) is 5.36. The lowest BCUT2D eigenvalue weighted by atomic mass is 10.1. The Labute approximate surface area is 212 Å². The van der Waals surface area contributed by atoms with E-state index in [1.54, 1.807) is 22.7 Å². The average molecular weight is 554 g/mol. The van der Waals surface area contributed by atoms with Gasteiger partial charge in [-0.25, -0.2) is 4.98 Å². The lowest BCUT2D eigenvalue weighted by molar-refractivity contribution is -0.668. The Bertz CT molecular complexity index is 1550. The molecule has 0 bridgehead atoms. The summed E-state index contributed by atoms with van der Waals surface area (Å²) in [5.74, 6) is -0.678. The van der Waals surface area contributed by atoms with Crippen LogP contribution in [0.2, 0.25) is 0 Å². The molecule has 0 spiro atoms. The maximum atomic E-state index is 11.3. The smallest absolute Gasteiger partial charge is 0.265 e. The molecule has 8 nitrogen and oxygen atoms in total. The molecule has 0 amide bonds. The van der Waals surface area contributed by atoms with Crippen molar-refractivity contribution in [2.45, 2.75) is 32.2 Å². The van der Waals surface area contributed by atoms with Crippen molar-refractivity contribution in [3.63, 3.8) is 0 Å². The molecule has 186 valence electrons. The SMILES string of the molecule is O=S(=O)(O)CCCc1cccc2sc(C=CCc3nc4ccccc4s3)[n+](CCCS(=O)(=O)O)c12. The number of hydrogen-bond donors (Lipinski definition) is 2. The first-order chi connectivity index (χ1) is 16.6. The lowest BCUT2D eigenvalue weighted by Crippen LogP contribution is -2.36. The second kappa shape index (κ2) is 10.8. The first-order valence-corrected chi connectivity index (χ1v) is 15.8. The molecular weight excluding hydrogens is 529 g/mol. The number of aryl methyl sites for hydroxylation is 2. The predicted molar refractivity (Wildman–Crippen MR) is 140 cm³/mol. The van der Waals surface area contributed by atoms with Gasteiger partial charge in [0.05, 0.1) is 26.7 Å². The fraction of sp³-hybridized carbons (Fsp3) is 0.304. The number of fused-ring (bicyclic) bond motifs is 2. The highest BCUT2D eigenvalue weighted by atomic mass is 32.2. The van der Waals surface area contributed by atoms with Crippen LogP contribution in [-0.2, 0) is 39.6 Å². The molecule has 4 aromatic rings. The van der Waals surface area contributed by atoms with Crippen LogP contribution in [0, 0.1) is 0 Å². The summed E-state index contributed by atoms with van der Waals surface area (Å²) < 4.78 is 67.2. The van der Waals surface area contributed by atoms with Gasteiger partial charge >= 0.3 is 0 Å². The topological polar surface area (TPSA) is 126 Å². The van der Waals surface area contributed by atoms with Gasteiger partial charge in [-0.3, -0.25) is 9.11 Å². The molecule has 2 aromatic carbocycles. The Morgan fingerprint density at radius 2 is 1.60 bits per heavy atom. The predicted octanol–water partition coefficient (Wildman–Crippen LogP) is 4.15. The highest BCUT2D eigenvalue weighted by Crippen LogP contribution is 2.27. The first-order valence-electron chi connectivity index (χ1n) is 10.9. The third-order valence-corrected chi connectivity index (χ3v) is 9.14. The minimum Gasteiger partial charge on any atom is -0.286 e. The van der Waals surface area contributed by atoms with E-state index in [1.807, 2.05) is 59.2 Å². The number of benzene rings is 2. The van der Waals surface area contributed by atoms with Crippen molar-refractivity contribution < 1.29 is 30.5 Å². The number of aromatic nitrogens is 2. The van der Waals surface area contributed by atoms with Gasteiger partial charge in [0.1, 0.15) is 4.70 Å². The van der Waals surface area contributed by atoms with Crippen molar-refractivity contribution >= 4 is 69.4 Å². The van der Waals surface area contributed by atoms with E-state index in [2.05, 4.69) is 4.98 Å². The third kappa shape index (κ3) is 7.15. The summed E-state index contributed by atoms with van der Waals surface area (Å²) in [6.07, 6.45) is 5.61. The molecule has 0 aliphatic heterocycles. The normalized spacial score (nSPS) is 12.9. The quantitative estimate of drug-likeness (QED) is 0.211. The van der Waals surface area contributed by atoms with Crippen LogP contribution in [0.15, 0.2) is 48.5 Å². The molecule has 0 fully saturated rings. The van der Waals surface area contributed by atoms with E-state index in [0.717, 1.165) is 36.0 Å². The first kappa shape index (κ1) is 25.9. The minimum atomic E-state index is -4.08. The number of nitrogens with zero attached hydrogens (tertiary/aromatic N) is 2. The van der Waals surface area contributed by atoms with E-state index in [4.69, 9.17) is 9.11 Å². The fourth-order valence-corrected chi connectivity index (χ4v) is 7.01. The Morgan fingerprint density at radius 1 is 0.886 bits per heavy atom. The number of allylic oxidation sites excluding steroid dienone is 1. The maximum absolute atomic E-state index is 11.3. The van der Waals surface area contributed by atoms with Crippen molar-refractivity contribution in [2.75, 3.05) is 11.5 Å². The average Bonchev–Trinajstić information content (AvgIpc) is 3.33. The standard InChI is InChI=1S/C23H24N2O6S4/c26-34(27,28)15-5-8-17-7-3-11-20-23(17)25(14-6-16-35(29,30)31)22(33-20)13-4-12-21-24-18-9-1-2-10-19(18)32-21/h1-4,7,9-11,13H,5-6,8,12,14-16H2,(H-,26,27,28,29,30,31)/p+1. The van der Waals surface area contributed by atoms with Gasteiger partial charge in [0.15, 0.2) is 6.54 Å². The Morgan fingerprint density at radius 3 is 2.34 bits per heavy atom. The van der Waals surface area contributed by atoms with E-state index in [0.29, 0.717) is 19.4 Å². The van der Waals surface area contributed by atoms with Crippen molar-refractivity contribution in [3.8, 4) is 0 Å². The molecule has 4 rings (SSSR count). The summed E-state index contributed by atoms with van der Waals surface area (Å²) in [7, 11) is -8.13. The van der Waals surface area contributed by atoms with Crippen LogP contribution in [0.5, 0.6) is 0 Å². The molecule has 35 heavy (non-hydrogen) atoms. The van der Waals surface area contributed by atoms with Crippen molar-refractivity contribution in [3.05, 3.63) is 64.1 Å². The van der Waals surface area contributed by atoms with E-state index < -0.39 is 20.2 Å².